The highest BCUT2D eigenvalue weighted by Crippen LogP contribution is 2.53. The van der Waals surface area contributed by atoms with Gasteiger partial charge in [0.15, 0.2) is 0 Å². The number of ether oxygens (including phenoxy) is 1. The molecule has 2 heterocycles. The van der Waals surface area contributed by atoms with E-state index in [0.29, 0.717) is 0 Å². The summed E-state index contributed by atoms with van der Waals surface area (Å²) in [5.41, 5.74) is 8.16. The zero-order chi connectivity index (χ0) is 34.1. The topological polar surface area (TPSA) is 25.4 Å². The first-order valence-corrected chi connectivity index (χ1v) is 17.5. The van der Waals surface area contributed by atoms with Gasteiger partial charge in [-0.15, -0.1) is 0 Å². The van der Waals surface area contributed by atoms with Gasteiger partial charge >= 0.3 is 0 Å². The molecule has 0 saturated heterocycles. The maximum Gasteiger partial charge on any atom is 0.143 e. The zero-order valence-electron chi connectivity index (χ0n) is 28.5. The number of rotatable bonds is 4. The second kappa shape index (κ2) is 11.3. The number of para-hydroxylation sites is 2. The van der Waals surface area contributed by atoms with Crippen molar-refractivity contribution in [3.05, 3.63) is 181 Å². The van der Waals surface area contributed by atoms with Crippen LogP contribution in [0.4, 0.5) is 17.1 Å². The average molecular weight is 655 g/mol. The van der Waals surface area contributed by atoms with Gasteiger partial charge in [-0.05, 0) is 85.6 Å². The van der Waals surface area contributed by atoms with Gasteiger partial charge < -0.3 is 9.64 Å². The summed E-state index contributed by atoms with van der Waals surface area (Å²) in [5.74, 6) is 1.62. The predicted molar refractivity (Wildman–Crippen MR) is 213 cm³/mol. The fourth-order valence-electron chi connectivity index (χ4n) is 8.38. The zero-order valence-corrected chi connectivity index (χ0v) is 28.5. The van der Waals surface area contributed by atoms with Crippen molar-refractivity contribution < 1.29 is 4.74 Å². The van der Waals surface area contributed by atoms with Gasteiger partial charge in [0.25, 0.3) is 0 Å². The van der Waals surface area contributed by atoms with E-state index in [2.05, 4.69) is 181 Å². The molecule has 242 valence electrons. The number of hydrogen-bond donors (Lipinski definition) is 0. The van der Waals surface area contributed by atoms with Gasteiger partial charge in [-0.25, -0.2) is 0 Å². The fourth-order valence-corrected chi connectivity index (χ4v) is 8.38. The van der Waals surface area contributed by atoms with E-state index in [4.69, 9.17) is 4.74 Å². The molecule has 0 atom stereocenters. The van der Waals surface area contributed by atoms with E-state index in [-0.39, 0.29) is 5.41 Å². The van der Waals surface area contributed by atoms with E-state index >= 15 is 0 Å². The number of pyridine rings is 1. The van der Waals surface area contributed by atoms with Crippen LogP contribution in [0.2, 0.25) is 0 Å². The van der Waals surface area contributed by atoms with Crippen LogP contribution in [-0.2, 0) is 5.41 Å². The molecule has 1 aliphatic rings. The molecule has 8 aromatic carbocycles. The molecule has 0 N–H and O–H groups in total. The van der Waals surface area contributed by atoms with Crippen molar-refractivity contribution in [1.29, 1.82) is 0 Å². The normalized spacial score (nSPS) is 13.4. The van der Waals surface area contributed by atoms with Crippen molar-refractivity contribution >= 4 is 60.2 Å². The van der Waals surface area contributed by atoms with Crippen LogP contribution >= 0.6 is 0 Å². The predicted octanol–water partition coefficient (Wildman–Crippen LogP) is 13.3. The molecule has 0 amide bonds. The molecule has 0 bridgehead atoms. The number of aromatic nitrogens is 1. The number of benzene rings is 8. The lowest BCUT2D eigenvalue weighted by Gasteiger charge is -2.42. The highest BCUT2D eigenvalue weighted by molar-refractivity contribution is 6.23. The molecule has 0 saturated carbocycles. The van der Waals surface area contributed by atoms with Crippen molar-refractivity contribution in [2.45, 2.75) is 19.3 Å². The molecular formula is C48H34N2O. The van der Waals surface area contributed by atoms with Crippen molar-refractivity contribution in [1.82, 2.24) is 4.98 Å². The minimum Gasteiger partial charge on any atom is -0.456 e. The number of nitrogens with zero attached hydrogens (tertiary/aromatic N) is 2. The third kappa shape index (κ3) is 4.48. The Labute approximate surface area is 297 Å². The summed E-state index contributed by atoms with van der Waals surface area (Å²) in [6.07, 6.45) is 3.87. The van der Waals surface area contributed by atoms with E-state index in [1.165, 1.54) is 49.5 Å². The first kappa shape index (κ1) is 29.5. The number of fused-ring (bicyclic) bond motifs is 7. The summed E-state index contributed by atoms with van der Waals surface area (Å²) in [6, 6.07) is 56.4. The standard InChI is InChI=1S/C48H34N2O/c1-48(2)42-22-12-13-23-44(42)50(32-15-4-3-5-16-32)45-29-33(24-25-43(45)48)51-47-38-21-11-10-20-37(38)46(41-30-49-27-26-39(41)47)40-28-31-14-6-7-17-34(31)35-18-8-9-19-36(35)40/h3-30H,1-2H3. The van der Waals surface area contributed by atoms with E-state index < -0.39 is 0 Å². The Morgan fingerprint density at radius 2 is 1.16 bits per heavy atom. The summed E-state index contributed by atoms with van der Waals surface area (Å²) in [7, 11) is 0. The lowest BCUT2D eigenvalue weighted by Crippen LogP contribution is -2.30. The van der Waals surface area contributed by atoms with Crippen LogP contribution in [0.3, 0.4) is 0 Å². The monoisotopic (exact) mass is 654 g/mol. The molecule has 9 aromatic rings. The van der Waals surface area contributed by atoms with Crippen molar-refractivity contribution in [2.24, 2.45) is 0 Å². The molecule has 10 rings (SSSR count). The maximum atomic E-state index is 7.11. The van der Waals surface area contributed by atoms with E-state index in [9.17, 15) is 0 Å². The molecule has 3 nitrogen and oxygen atoms in total. The summed E-state index contributed by atoms with van der Waals surface area (Å²) < 4.78 is 7.11. The summed E-state index contributed by atoms with van der Waals surface area (Å²) in [4.78, 5) is 7.04. The third-order valence-corrected chi connectivity index (χ3v) is 10.7. The highest BCUT2D eigenvalue weighted by atomic mass is 16.5. The molecule has 51 heavy (non-hydrogen) atoms. The average Bonchev–Trinajstić information content (AvgIpc) is 3.18. The van der Waals surface area contributed by atoms with Crippen LogP contribution in [0, 0.1) is 0 Å². The van der Waals surface area contributed by atoms with Crippen LogP contribution in [0.15, 0.2) is 170 Å². The number of anilines is 3. The van der Waals surface area contributed by atoms with Crippen molar-refractivity contribution in [3.63, 3.8) is 0 Å². The SMILES string of the molecule is CC1(C)c2ccccc2N(c2ccccc2)c2cc(Oc3c4ccccc4c(-c4cc5ccccc5c5ccccc45)c4cnccc34)ccc21. The molecule has 0 aliphatic carbocycles. The third-order valence-electron chi connectivity index (χ3n) is 10.7. The molecule has 3 heteroatoms. The van der Waals surface area contributed by atoms with Gasteiger partial charge in [-0.3, -0.25) is 4.98 Å². The lowest BCUT2D eigenvalue weighted by atomic mass is 9.73. The van der Waals surface area contributed by atoms with Gasteiger partial charge in [0.2, 0.25) is 0 Å². The first-order valence-electron chi connectivity index (χ1n) is 17.5. The van der Waals surface area contributed by atoms with Crippen molar-refractivity contribution in [2.75, 3.05) is 4.90 Å². The van der Waals surface area contributed by atoms with Crippen LogP contribution < -0.4 is 9.64 Å². The summed E-state index contributed by atoms with van der Waals surface area (Å²) in [5, 5.41) is 9.22. The lowest BCUT2D eigenvalue weighted by molar-refractivity contribution is 0.492. The van der Waals surface area contributed by atoms with Crippen LogP contribution in [0.25, 0.3) is 54.2 Å². The smallest absolute Gasteiger partial charge is 0.143 e. The van der Waals surface area contributed by atoms with Crippen LogP contribution in [0.5, 0.6) is 11.5 Å². The fraction of sp³-hybridized carbons (Fsp3) is 0.0625. The van der Waals surface area contributed by atoms with Gasteiger partial charge in [0.05, 0.1) is 11.4 Å². The second-order valence-electron chi connectivity index (χ2n) is 14.0. The van der Waals surface area contributed by atoms with Gasteiger partial charge in [-0.1, -0.05) is 129 Å². The molecule has 1 aliphatic heterocycles. The second-order valence-corrected chi connectivity index (χ2v) is 14.0. The first-order chi connectivity index (χ1) is 25.1. The summed E-state index contributed by atoms with van der Waals surface area (Å²) in [6.45, 7) is 4.63. The van der Waals surface area contributed by atoms with E-state index in [0.717, 1.165) is 44.4 Å². The van der Waals surface area contributed by atoms with Gasteiger partial charge in [0, 0.05) is 45.7 Å². The largest absolute Gasteiger partial charge is 0.456 e. The molecule has 0 radical (unpaired) electrons. The quantitative estimate of drug-likeness (QED) is 0.139. The summed E-state index contributed by atoms with van der Waals surface area (Å²) >= 11 is 0. The minimum atomic E-state index is -0.189. The Kier molecular flexibility index (Phi) is 6.53. The van der Waals surface area contributed by atoms with Crippen LogP contribution in [0.1, 0.15) is 25.0 Å². The minimum absolute atomic E-state index is 0.189. The van der Waals surface area contributed by atoms with Crippen molar-refractivity contribution in [3.8, 4) is 22.6 Å². The Balaban J connectivity index is 1.20. The van der Waals surface area contributed by atoms with E-state index in [1.54, 1.807) is 0 Å². The Morgan fingerprint density at radius 3 is 2.00 bits per heavy atom. The van der Waals surface area contributed by atoms with E-state index in [1.807, 2.05) is 12.4 Å². The van der Waals surface area contributed by atoms with Crippen LogP contribution in [-0.4, -0.2) is 4.98 Å². The van der Waals surface area contributed by atoms with Gasteiger partial charge in [0.1, 0.15) is 11.5 Å². The maximum absolute atomic E-state index is 7.11. The molecular weight excluding hydrogens is 621 g/mol. The highest BCUT2D eigenvalue weighted by Gasteiger charge is 2.37. The Morgan fingerprint density at radius 1 is 0.510 bits per heavy atom. The number of hydrogen-bond acceptors (Lipinski definition) is 3. The molecule has 1 aromatic heterocycles. The molecule has 0 unspecified atom stereocenters. The Bertz CT molecular complexity index is 2760. The van der Waals surface area contributed by atoms with Gasteiger partial charge in [-0.2, -0.15) is 0 Å². The molecule has 0 spiro atoms. The molecule has 0 fully saturated rings. The Hall–Kier alpha value is -6.45.